The van der Waals surface area contributed by atoms with Gasteiger partial charge in [0.1, 0.15) is 22.3 Å². The topological polar surface area (TPSA) is 36.1 Å². The van der Waals surface area contributed by atoms with Crippen LogP contribution in [-0.4, -0.2) is 9.13 Å². The molecule has 0 bridgehead atoms. The molecular formula is C75H50N2O2. The van der Waals surface area contributed by atoms with Gasteiger partial charge in [0.25, 0.3) is 0 Å². The Morgan fingerprint density at radius 2 is 0.785 bits per heavy atom. The molecule has 1 unspecified atom stereocenters. The summed E-state index contributed by atoms with van der Waals surface area (Å²) in [5.74, 6) is 0.186. The van der Waals surface area contributed by atoms with Crippen molar-refractivity contribution in [3.05, 3.63) is 290 Å². The summed E-state index contributed by atoms with van der Waals surface area (Å²) in [4.78, 5) is 0. The predicted octanol–water partition coefficient (Wildman–Crippen LogP) is 20.2. The summed E-state index contributed by atoms with van der Waals surface area (Å²) in [6.45, 7) is 0. The van der Waals surface area contributed by atoms with Crippen LogP contribution in [0.1, 0.15) is 22.6 Å². The zero-order chi connectivity index (χ0) is 52.0. The molecule has 0 aliphatic carbocycles. The second-order valence-electron chi connectivity index (χ2n) is 21.2. The first kappa shape index (κ1) is 45.1. The fourth-order valence-corrected chi connectivity index (χ4v) is 12.9. The second kappa shape index (κ2) is 18.3. The standard InChI is InChI=1S/C75H50N2O2/c1-3-15-56(16-4-1)76-67-25-10-7-19-60(67)64-46-53(38-40-69(64)76)54-39-42-73-66(47-54)65-45-49(31-41-72(65)78-73)44-55(43-48-29-32-52(33-30-48)59-23-13-24-62-61-20-9-12-28-71(61)79-75(59)62)50-34-36-51(37-35-50)58-22-14-27-70-74(58)63-21-8-11-26-68(63)77(70)57-17-5-2-6-18-57/h1-42,45-47,55H,43-44H2. The van der Waals surface area contributed by atoms with Crippen LogP contribution < -0.4 is 0 Å². The number of nitrogens with zero attached hydrogens (tertiary/aromatic N) is 2. The van der Waals surface area contributed by atoms with Gasteiger partial charge in [0.15, 0.2) is 0 Å². The molecule has 0 amide bonds. The summed E-state index contributed by atoms with van der Waals surface area (Å²) in [6.07, 6.45) is 1.72. The summed E-state index contributed by atoms with van der Waals surface area (Å²) in [5.41, 5.74) is 21.7. The number of hydrogen-bond donors (Lipinski definition) is 0. The van der Waals surface area contributed by atoms with Gasteiger partial charge in [-0.15, -0.1) is 0 Å². The van der Waals surface area contributed by atoms with E-state index in [0.29, 0.717) is 0 Å². The third-order valence-corrected chi connectivity index (χ3v) is 16.6. The van der Waals surface area contributed by atoms with E-state index in [1.54, 1.807) is 0 Å². The molecule has 0 N–H and O–H groups in total. The van der Waals surface area contributed by atoms with Gasteiger partial charge in [-0.1, -0.05) is 188 Å². The molecule has 0 radical (unpaired) electrons. The van der Waals surface area contributed by atoms with Crippen molar-refractivity contribution in [3.63, 3.8) is 0 Å². The van der Waals surface area contributed by atoms with E-state index in [4.69, 9.17) is 8.83 Å². The second-order valence-corrected chi connectivity index (χ2v) is 21.2. The minimum atomic E-state index is 0.186. The van der Waals surface area contributed by atoms with E-state index >= 15 is 0 Å². The number of benzene rings is 12. The van der Waals surface area contributed by atoms with Crippen LogP contribution in [0.4, 0.5) is 0 Å². The highest BCUT2D eigenvalue weighted by atomic mass is 16.3. The number of hydrogen-bond acceptors (Lipinski definition) is 2. The zero-order valence-corrected chi connectivity index (χ0v) is 43.2. The lowest BCUT2D eigenvalue weighted by atomic mass is 9.85. The van der Waals surface area contributed by atoms with Gasteiger partial charge >= 0.3 is 0 Å². The monoisotopic (exact) mass is 1010 g/mol. The number of para-hydroxylation sites is 6. The molecule has 4 heteroatoms. The van der Waals surface area contributed by atoms with Crippen LogP contribution in [0.25, 0.3) is 132 Å². The van der Waals surface area contributed by atoms with Gasteiger partial charge in [0.05, 0.1) is 22.1 Å². The molecule has 4 heterocycles. The van der Waals surface area contributed by atoms with Crippen molar-refractivity contribution in [2.75, 3.05) is 0 Å². The average Bonchev–Trinajstić information content (AvgIpc) is 4.29. The van der Waals surface area contributed by atoms with Gasteiger partial charge in [-0.05, 0) is 148 Å². The van der Waals surface area contributed by atoms with Gasteiger partial charge in [-0.3, -0.25) is 0 Å². The Hall–Kier alpha value is -10.2. The number of rotatable bonds is 10. The maximum absolute atomic E-state index is 6.58. The molecule has 0 saturated heterocycles. The Labute approximate surface area is 456 Å². The van der Waals surface area contributed by atoms with E-state index in [9.17, 15) is 0 Å². The molecular weight excluding hydrogens is 961 g/mol. The van der Waals surface area contributed by atoms with E-state index < -0.39 is 0 Å². The first-order valence-corrected chi connectivity index (χ1v) is 27.4. The number of fused-ring (bicyclic) bond motifs is 12. The summed E-state index contributed by atoms with van der Waals surface area (Å²) >= 11 is 0. The molecule has 16 aromatic rings. The van der Waals surface area contributed by atoms with Gasteiger partial charge in [0.2, 0.25) is 0 Å². The minimum Gasteiger partial charge on any atom is -0.456 e. The largest absolute Gasteiger partial charge is 0.456 e. The van der Waals surface area contributed by atoms with Crippen LogP contribution in [0.15, 0.2) is 282 Å². The first-order valence-electron chi connectivity index (χ1n) is 27.4. The lowest BCUT2D eigenvalue weighted by Crippen LogP contribution is -2.07. The fraction of sp³-hybridized carbons (Fsp3) is 0.0400. The fourth-order valence-electron chi connectivity index (χ4n) is 12.9. The molecule has 12 aromatic carbocycles. The third kappa shape index (κ3) is 7.51. The van der Waals surface area contributed by atoms with Crippen LogP contribution >= 0.6 is 0 Å². The molecule has 0 fully saturated rings. The van der Waals surface area contributed by atoms with Crippen molar-refractivity contribution < 1.29 is 8.83 Å². The van der Waals surface area contributed by atoms with Gasteiger partial charge in [-0.25, -0.2) is 0 Å². The highest BCUT2D eigenvalue weighted by molar-refractivity contribution is 6.16. The Balaban J connectivity index is 0.771. The summed E-state index contributed by atoms with van der Waals surface area (Å²) in [7, 11) is 0. The predicted molar refractivity (Wildman–Crippen MR) is 329 cm³/mol. The molecule has 0 spiro atoms. The zero-order valence-electron chi connectivity index (χ0n) is 43.2. The molecule has 16 rings (SSSR count). The molecule has 0 aliphatic heterocycles. The summed E-state index contributed by atoms with van der Waals surface area (Å²) in [6, 6.07) is 99.4. The number of aromatic nitrogens is 2. The van der Waals surface area contributed by atoms with Crippen LogP contribution in [0, 0.1) is 0 Å². The van der Waals surface area contributed by atoms with Crippen molar-refractivity contribution in [1.29, 1.82) is 0 Å². The van der Waals surface area contributed by atoms with Crippen molar-refractivity contribution in [2.24, 2.45) is 0 Å². The average molecular weight is 1010 g/mol. The molecule has 79 heavy (non-hydrogen) atoms. The van der Waals surface area contributed by atoms with Crippen LogP contribution in [-0.2, 0) is 12.8 Å². The van der Waals surface area contributed by atoms with E-state index in [2.05, 4.69) is 276 Å². The molecule has 4 aromatic heterocycles. The van der Waals surface area contributed by atoms with Crippen molar-refractivity contribution in [2.45, 2.75) is 18.8 Å². The lowest BCUT2D eigenvalue weighted by molar-refractivity contribution is 0.666. The van der Waals surface area contributed by atoms with E-state index in [1.165, 1.54) is 77.0 Å². The summed E-state index contributed by atoms with van der Waals surface area (Å²) in [5, 5.41) is 9.54. The van der Waals surface area contributed by atoms with Crippen molar-refractivity contribution in [3.8, 4) is 44.8 Å². The Morgan fingerprint density at radius 3 is 1.56 bits per heavy atom. The molecule has 372 valence electrons. The summed E-state index contributed by atoms with van der Waals surface area (Å²) < 4.78 is 17.8. The normalized spacial score (nSPS) is 12.4. The third-order valence-electron chi connectivity index (χ3n) is 16.6. The Morgan fingerprint density at radius 1 is 0.291 bits per heavy atom. The number of furan rings is 2. The lowest BCUT2D eigenvalue weighted by Gasteiger charge is -2.19. The molecule has 1 atom stereocenters. The van der Waals surface area contributed by atoms with Crippen LogP contribution in [0.2, 0.25) is 0 Å². The van der Waals surface area contributed by atoms with Gasteiger partial charge in [-0.2, -0.15) is 0 Å². The molecule has 4 nitrogen and oxygen atoms in total. The Kier molecular flexibility index (Phi) is 10.4. The quantitative estimate of drug-likeness (QED) is 0.137. The SMILES string of the molecule is c1ccc(-n2c3ccccc3c3cc(-c4ccc5oc6ccc(CC(Cc7ccc(-c8cccc9c8oc8ccccc89)cc7)c7ccc(-c8cccc9c8c8ccccc8n9-c8ccccc8)cc7)cc6c5c4)ccc32)cc1. The maximum atomic E-state index is 6.58. The van der Waals surface area contributed by atoms with E-state index in [1.807, 2.05) is 6.07 Å². The van der Waals surface area contributed by atoms with Crippen LogP contribution in [0.5, 0.6) is 0 Å². The minimum absolute atomic E-state index is 0.186. The Bertz CT molecular complexity index is 5000. The van der Waals surface area contributed by atoms with Crippen molar-refractivity contribution in [1.82, 2.24) is 9.13 Å². The van der Waals surface area contributed by atoms with Crippen molar-refractivity contribution >= 4 is 87.5 Å². The van der Waals surface area contributed by atoms with E-state index in [0.717, 1.165) is 84.8 Å². The maximum Gasteiger partial charge on any atom is 0.143 e. The highest BCUT2D eigenvalue weighted by Crippen LogP contribution is 2.42. The van der Waals surface area contributed by atoms with Gasteiger partial charge < -0.3 is 18.0 Å². The van der Waals surface area contributed by atoms with Gasteiger partial charge in [0, 0.05) is 60.0 Å². The molecule has 0 aliphatic rings. The van der Waals surface area contributed by atoms with E-state index in [-0.39, 0.29) is 5.92 Å². The molecule has 0 saturated carbocycles. The van der Waals surface area contributed by atoms with Crippen LogP contribution in [0.3, 0.4) is 0 Å². The first-order chi connectivity index (χ1) is 39.1. The highest BCUT2D eigenvalue weighted by Gasteiger charge is 2.21. The smallest absolute Gasteiger partial charge is 0.143 e.